The van der Waals surface area contributed by atoms with Gasteiger partial charge in [0.05, 0.1) is 6.42 Å². The number of ketones is 1. The van der Waals surface area contributed by atoms with E-state index in [1.54, 1.807) is 30.3 Å². The molecule has 0 bridgehead atoms. The second-order valence-corrected chi connectivity index (χ2v) is 8.59. The van der Waals surface area contributed by atoms with Crippen molar-refractivity contribution >= 4 is 29.7 Å². The summed E-state index contributed by atoms with van der Waals surface area (Å²) in [7, 11) is 0. The number of nitrogens with one attached hydrogen (secondary N) is 1. The summed E-state index contributed by atoms with van der Waals surface area (Å²) in [6.07, 6.45) is 3.34. The summed E-state index contributed by atoms with van der Waals surface area (Å²) in [5.74, 6) is -3.13. The summed E-state index contributed by atoms with van der Waals surface area (Å²) < 4.78 is 5.03. The highest BCUT2D eigenvalue weighted by Crippen LogP contribution is 2.45. The van der Waals surface area contributed by atoms with Crippen molar-refractivity contribution < 1.29 is 38.7 Å². The fourth-order valence-corrected chi connectivity index (χ4v) is 4.34. The highest BCUT2D eigenvalue weighted by molar-refractivity contribution is 5.98. The summed E-state index contributed by atoms with van der Waals surface area (Å²) in [5.41, 5.74) is 0.390. The molecule has 1 spiro atoms. The van der Waals surface area contributed by atoms with E-state index in [4.69, 9.17) is 14.7 Å². The van der Waals surface area contributed by atoms with Gasteiger partial charge in [-0.1, -0.05) is 49.6 Å². The molecule has 2 aliphatic rings. The number of carboxylic acids is 1. The number of carbonyl (C=O) groups is 5. The van der Waals surface area contributed by atoms with E-state index < -0.39 is 48.7 Å². The predicted octanol–water partition coefficient (Wildman–Crippen LogP) is 2.36. The summed E-state index contributed by atoms with van der Waals surface area (Å²) >= 11 is 0. The van der Waals surface area contributed by atoms with Gasteiger partial charge in [-0.05, 0) is 23.8 Å². The number of carboxylic acid groups (broad SMARTS) is 1. The summed E-state index contributed by atoms with van der Waals surface area (Å²) in [4.78, 5) is 66.0. The smallest absolute Gasteiger partial charge is 0.408 e. The van der Waals surface area contributed by atoms with Gasteiger partial charge in [-0.3, -0.25) is 24.0 Å². The lowest BCUT2D eigenvalue weighted by atomic mass is 9.68. The van der Waals surface area contributed by atoms with Gasteiger partial charge in [0.1, 0.15) is 19.3 Å². The Morgan fingerprint density at radius 1 is 1.03 bits per heavy atom. The van der Waals surface area contributed by atoms with E-state index in [0.29, 0.717) is 5.06 Å². The van der Waals surface area contributed by atoms with E-state index >= 15 is 0 Å². The van der Waals surface area contributed by atoms with Crippen molar-refractivity contribution in [1.82, 2.24) is 10.4 Å². The second kappa shape index (κ2) is 11.0. The Balaban J connectivity index is 1.52. The number of imide groups is 1. The summed E-state index contributed by atoms with van der Waals surface area (Å²) in [6, 6.07) is 7.38. The number of carbonyl (C=O) groups excluding carboxylic acids is 4. The summed E-state index contributed by atoms with van der Waals surface area (Å²) in [6.45, 7) is -0.795. The van der Waals surface area contributed by atoms with E-state index in [1.165, 1.54) is 0 Å². The van der Waals surface area contributed by atoms with Crippen molar-refractivity contribution in [2.45, 2.75) is 64.0 Å². The topological polar surface area (TPSA) is 139 Å². The zero-order valence-corrected chi connectivity index (χ0v) is 18.3. The van der Waals surface area contributed by atoms with Gasteiger partial charge >= 0.3 is 12.1 Å². The Morgan fingerprint density at radius 3 is 2.27 bits per heavy atom. The molecule has 33 heavy (non-hydrogen) atoms. The Morgan fingerprint density at radius 2 is 1.67 bits per heavy atom. The van der Waals surface area contributed by atoms with Crippen LogP contribution >= 0.6 is 0 Å². The highest BCUT2D eigenvalue weighted by atomic mass is 16.7. The van der Waals surface area contributed by atoms with Crippen molar-refractivity contribution in [3.8, 4) is 0 Å². The van der Waals surface area contributed by atoms with Gasteiger partial charge in [-0.15, -0.1) is 0 Å². The van der Waals surface area contributed by atoms with E-state index in [0.717, 1.165) is 37.7 Å². The van der Waals surface area contributed by atoms with Gasteiger partial charge in [-0.25, -0.2) is 4.79 Å². The number of Topliss-reactive ketones (excluding diaryl/α,β-unsaturated/α-hetero) is 1. The SMILES string of the molecule is O=C(O)CC(NC(=O)OCc1ccccc1)C(=O)CON1C(=O)CC2(CCCCC2)CC1=O. The Hall–Kier alpha value is -3.27. The van der Waals surface area contributed by atoms with Crippen LogP contribution in [-0.2, 0) is 35.4 Å². The standard InChI is InChI=1S/C23H28N2O8/c26-18(15-33-25-19(27)12-23(13-20(25)28)9-5-2-6-10-23)17(11-21(29)30)24-22(31)32-14-16-7-3-1-4-8-16/h1,3-4,7-8,17H,2,5-6,9-15H2,(H,24,31)(H,29,30). The Bertz CT molecular complexity index is 875. The fourth-order valence-electron chi connectivity index (χ4n) is 4.34. The minimum Gasteiger partial charge on any atom is -0.481 e. The van der Waals surface area contributed by atoms with Crippen molar-refractivity contribution in [3.63, 3.8) is 0 Å². The van der Waals surface area contributed by atoms with Crippen LogP contribution in [0.15, 0.2) is 30.3 Å². The second-order valence-electron chi connectivity index (χ2n) is 8.59. The summed E-state index contributed by atoms with van der Waals surface area (Å²) in [5, 5.41) is 11.9. The minimum atomic E-state index is -1.44. The molecule has 1 aliphatic carbocycles. The molecule has 0 radical (unpaired) electrons. The average Bonchev–Trinajstić information content (AvgIpc) is 2.77. The fraction of sp³-hybridized carbons (Fsp3) is 0.522. The van der Waals surface area contributed by atoms with Crippen LogP contribution in [0.1, 0.15) is 56.9 Å². The molecule has 3 rings (SSSR count). The van der Waals surface area contributed by atoms with E-state index in [9.17, 15) is 24.0 Å². The lowest BCUT2D eigenvalue weighted by molar-refractivity contribution is -0.205. The van der Waals surface area contributed by atoms with Gasteiger partial charge in [0, 0.05) is 12.8 Å². The van der Waals surface area contributed by atoms with Gasteiger partial charge in [0.2, 0.25) is 0 Å². The molecule has 0 aromatic heterocycles. The number of hydroxylamine groups is 2. The number of hydrogen-bond acceptors (Lipinski definition) is 7. The lowest BCUT2D eigenvalue weighted by Crippen LogP contribution is -2.50. The zero-order chi connectivity index (χ0) is 23.8. The number of nitrogens with zero attached hydrogens (tertiary/aromatic N) is 1. The predicted molar refractivity (Wildman–Crippen MR) is 113 cm³/mol. The first-order chi connectivity index (χ1) is 15.8. The normalized spacial score (nSPS) is 18.6. The number of rotatable bonds is 9. The monoisotopic (exact) mass is 460 g/mol. The number of ether oxygens (including phenoxy) is 1. The molecule has 2 fully saturated rings. The Labute approximate surface area is 191 Å². The number of aliphatic carboxylic acids is 1. The molecule has 10 heteroatoms. The van der Waals surface area contributed by atoms with Crippen LogP contribution in [0.3, 0.4) is 0 Å². The van der Waals surface area contributed by atoms with Crippen LogP contribution < -0.4 is 5.32 Å². The van der Waals surface area contributed by atoms with E-state index in [-0.39, 0.29) is 24.9 Å². The van der Waals surface area contributed by atoms with Gasteiger partial charge < -0.3 is 15.2 Å². The van der Waals surface area contributed by atoms with E-state index in [1.807, 2.05) is 0 Å². The number of alkyl carbamates (subject to hydrolysis) is 1. The molecule has 2 N–H and O–H groups in total. The molecule has 1 saturated heterocycles. The van der Waals surface area contributed by atoms with Crippen molar-refractivity contribution in [1.29, 1.82) is 0 Å². The van der Waals surface area contributed by atoms with E-state index in [2.05, 4.69) is 5.32 Å². The van der Waals surface area contributed by atoms with Gasteiger partial charge in [0.25, 0.3) is 11.8 Å². The van der Waals surface area contributed by atoms with Crippen LogP contribution in [0.25, 0.3) is 0 Å². The third kappa shape index (κ3) is 6.85. The molecule has 1 heterocycles. The number of benzene rings is 1. The van der Waals surface area contributed by atoms with Crippen LogP contribution in [0.2, 0.25) is 0 Å². The quantitative estimate of drug-likeness (QED) is 0.536. The molecule has 1 saturated carbocycles. The maximum Gasteiger partial charge on any atom is 0.408 e. The van der Waals surface area contributed by atoms with Crippen LogP contribution in [-0.4, -0.2) is 52.5 Å². The number of amides is 3. The number of hydrogen-bond donors (Lipinski definition) is 2. The van der Waals surface area contributed by atoms with Crippen LogP contribution in [0.4, 0.5) is 4.79 Å². The molecular formula is C23H28N2O8. The Kier molecular flexibility index (Phi) is 8.16. The first-order valence-corrected chi connectivity index (χ1v) is 11.0. The minimum absolute atomic E-state index is 0.0598. The molecule has 178 valence electrons. The third-order valence-electron chi connectivity index (χ3n) is 6.03. The van der Waals surface area contributed by atoms with Crippen molar-refractivity contribution in [3.05, 3.63) is 35.9 Å². The first-order valence-electron chi connectivity index (χ1n) is 11.0. The lowest BCUT2D eigenvalue weighted by Gasteiger charge is -2.41. The van der Waals surface area contributed by atoms with Gasteiger partial charge in [-0.2, -0.15) is 5.06 Å². The number of piperidine rings is 1. The van der Waals surface area contributed by atoms with Crippen molar-refractivity contribution in [2.24, 2.45) is 5.41 Å². The molecular weight excluding hydrogens is 432 g/mol. The highest BCUT2D eigenvalue weighted by Gasteiger charge is 2.45. The van der Waals surface area contributed by atoms with Crippen LogP contribution in [0.5, 0.6) is 0 Å². The first kappa shape index (κ1) is 24.4. The molecule has 1 aliphatic heterocycles. The average molecular weight is 460 g/mol. The molecule has 10 nitrogen and oxygen atoms in total. The van der Waals surface area contributed by atoms with Crippen molar-refractivity contribution in [2.75, 3.05) is 6.61 Å². The molecule has 1 unspecified atom stereocenters. The van der Waals surface area contributed by atoms with Gasteiger partial charge in [0.15, 0.2) is 5.78 Å². The molecule has 1 aromatic carbocycles. The largest absolute Gasteiger partial charge is 0.481 e. The molecule has 1 aromatic rings. The zero-order valence-electron chi connectivity index (χ0n) is 18.3. The molecule has 1 atom stereocenters. The third-order valence-corrected chi connectivity index (χ3v) is 6.03. The maximum absolute atomic E-state index is 12.5. The maximum atomic E-state index is 12.5. The molecule has 3 amide bonds. The van der Waals surface area contributed by atoms with Crippen LogP contribution in [0, 0.1) is 5.41 Å².